The van der Waals surface area contributed by atoms with Crippen LogP contribution in [-0.4, -0.2) is 37.1 Å². The van der Waals surface area contributed by atoms with Crippen LogP contribution in [0.4, 0.5) is 0 Å². The molecule has 3 heteroatoms. The number of carbonyl (C=O) groups is 1. The SMILES string of the molecule is CS(C)(C)CCOC(=O)C1CCCC1. The smallest absolute Gasteiger partial charge is 0.308 e. The fraction of sp³-hybridized carbons (Fsp3) is 0.909. The van der Waals surface area contributed by atoms with Gasteiger partial charge in [-0.05, 0) is 31.6 Å². The van der Waals surface area contributed by atoms with Gasteiger partial charge in [0.2, 0.25) is 0 Å². The summed E-state index contributed by atoms with van der Waals surface area (Å²) in [6.07, 6.45) is 11.2. The molecule has 1 saturated carbocycles. The molecule has 84 valence electrons. The van der Waals surface area contributed by atoms with Gasteiger partial charge in [-0.3, -0.25) is 4.79 Å². The quantitative estimate of drug-likeness (QED) is 0.677. The van der Waals surface area contributed by atoms with Gasteiger partial charge in [0.15, 0.2) is 0 Å². The molecule has 0 unspecified atom stereocenters. The van der Waals surface area contributed by atoms with E-state index in [0.29, 0.717) is 6.61 Å². The van der Waals surface area contributed by atoms with Crippen LogP contribution in [0.5, 0.6) is 0 Å². The summed E-state index contributed by atoms with van der Waals surface area (Å²) in [4.78, 5) is 11.5. The van der Waals surface area contributed by atoms with Crippen molar-refractivity contribution in [3.05, 3.63) is 0 Å². The van der Waals surface area contributed by atoms with Gasteiger partial charge in [0.1, 0.15) is 0 Å². The highest BCUT2D eigenvalue weighted by Gasteiger charge is 2.23. The Morgan fingerprint density at radius 3 is 2.36 bits per heavy atom. The van der Waals surface area contributed by atoms with Crippen molar-refractivity contribution in [2.75, 3.05) is 31.1 Å². The van der Waals surface area contributed by atoms with Crippen LogP contribution in [0.2, 0.25) is 0 Å². The van der Waals surface area contributed by atoms with Crippen LogP contribution < -0.4 is 0 Å². The lowest BCUT2D eigenvalue weighted by Crippen LogP contribution is -2.18. The lowest BCUT2D eigenvalue weighted by molar-refractivity contribution is -0.147. The van der Waals surface area contributed by atoms with E-state index in [9.17, 15) is 4.79 Å². The third-order valence-electron chi connectivity index (χ3n) is 2.63. The standard InChI is InChI=1S/C11H22O2S/c1-14(2,3)9-8-13-11(12)10-6-4-5-7-10/h10H,4-9H2,1-3H3. The first-order valence-electron chi connectivity index (χ1n) is 5.32. The van der Waals surface area contributed by atoms with Gasteiger partial charge >= 0.3 is 5.97 Å². The first kappa shape index (κ1) is 11.9. The zero-order valence-corrected chi connectivity index (χ0v) is 10.4. The van der Waals surface area contributed by atoms with E-state index >= 15 is 0 Å². The topological polar surface area (TPSA) is 26.3 Å². The van der Waals surface area contributed by atoms with Crippen LogP contribution in [0.15, 0.2) is 0 Å². The molecular weight excluding hydrogens is 196 g/mol. The van der Waals surface area contributed by atoms with Crippen molar-refractivity contribution in [2.45, 2.75) is 25.7 Å². The van der Waals surface area contributed by atoms with Crippen molar-refractivity contribution in [2.24, 2.45) is 5.92 Å². The van der Waals surface area contributed by atoms with Crippen LogP contribution in [0.1, 0.15) is 25.7 Å². The highest BCUT2D eigenvalue weighted by molar-refractivity contribution is 8.32. The first-order chi connectivity index (χ1) is 6.49. The van der Waals surface area contributed by atoms with Crippen LogP contribution >= 0.6 is 10.0 Å². The van der Waals surface area contributed by atoms with Crippen LogP contribution in [0.3, 0.4) is 0 Å². The Labute approximate surface area is 88.7 Å². The Morgan fingerprint density at radius 1 is 1.29 bits per heavy atom. The average Bonchev–Trinajstić information content (AvgIpc) is 2.53. The van der Waals surface area contributed by atoms with Crippen LogP contribution in [0, 0.1) is 5.92 Å². The van der Waals surface area contributed by atoms with Gasteiger partial charge in [-0.1, -0.05) is 12.8 Å². The third kappa shape index (κ3) is 4.36. The molecular formula is C11H22O2S. The zero-order valence-electron chi connectivity index (χ0n) is 9.54. The first-order valence-corrected chi connectivity index (χ1v) is 8.34. The zero-order chi connectivity index (χ0) is 10.6. The third-order valence-corrected chi connectivity index (χ3v) is 4.02. The highest BCUT2D eigenvalue weighted by Crippen LogP contribution is 2.34. The second-order valence-corrected chi connectivity index (χ2v) is 9.53. The lowest BCUT2D eigenvalue weighted by atomic mass is 10.1. The highest BCUT2D eigenvalue weighted by atomic mass is 32.3. The second kappa shape index (κ2) is 5.06. The Balaban J connectivity index is 2.15. The summed E-state index contributed by atoms with van der Waals surface area (Å²) in [5, 5.41) is 0. The molecule has 2 nitrogen and oxygen atoms in total. The van der Waals surface area contributed by atoms with Crippen LogP contribution in [-0.2, 0) is 9.53 Å². The lowest BCUT2D eigenvalue weighted by Gasteiger charge is -2.24. The van der Waals surface area contributed by atoms with E-state index in [4.69, 9.17) is 4.74 Å². The van der Waals surface area contributed by atoms with E-state index in [2.05, 4.69) is 18.8 Å². The maximum atomic E-state index is 11.5. The molecule has 0 aromatic heterocycles. The molecule has 0 atom stereocenters. The molecule has 0 spiro atoms. The summed E-state index contributed by atoms with van der Waals surface area (Å²) in [7, 11) is -0.521. The minimum atomic E-state index is -0.521. The second-order valence-electron chi connectivity index (χ2n) is 4.94. The fourth-order valence-electron chi connectivity index (χ4n) is 1.67. The van der Waals surface area contributed by atoms with E-state index in [0.717, 1.165) is 18.6 Å². The van der Waals surface area contributed by atoms with Gasteiger partial charge in [0.25, 0.3) is 0 Å². The Kier molecular flexibility index (Phi) is 4.30. The Bertz CT molecular complexity index is 190. The molecule has 14 heavy (non-hydrogen) atoms. The van der Waals surface area contributed by atoms with Crippen molar-refractivity contribution in [1.29, 1.82) is 0 Å². The number of carbonyl (C=O) groups excluding carboxylic acids is 1. The summed E-state index contributed by atoms with van der Waals surface area (Å²) < 4.78 is 5.28. The van der Waals surface area contributed by atoms with Crippen molar-refractivity contribution >= 4 is 16.0 Å². The summed E-state index contributed by atoms with van der Waals surface area (Å²) in [6.45, 7) is 0.619. The number of hydrogen-bond acceptors (Lipinski definition) is 2. The average molecular weight is 218 g/mol. The molecule has 0 N–H and O–H groups in total. The van der Waals surface area contributed by atoms with Gasteiger partial charge in [0.05, 0.1) is 12.5 Å². The normalized spacial score (nSPS) is 19.6. The van der Waals surface area contributed by atoms with Gasteiger partial charge in [-0.2, -0.15) is 0 Å². The van der Waals surface area contributed by atoms with Crippen molar-refractivity contribution in [3.63, 3.8) is 0 Å². The van der Waals surface area contributed by atoms with E-state index in [1.54, 1.807) is 0 Å². The summed E-state index contributed by atoms with van der Waals surface area (Å²) >= 11 is 0. The number of ether oxygens (including phenoxy) is 1. The summed E-state index contributed by atoms with van der Waals surface area (Å²) in [6, 6.07) is 0. The molecule has 1 rings (SSSR count). The molecule has 1 fully saturated rings. The van der Waals surface area contributed by atoms with Gasteiger partial charge in [-0.15, -0.1) is 0 Å². The maximum Gasteiger partial charge on any atom is 0.308 e. The van der Waals surface area contributed by atoms with E-state index < -0.39 is 10.0 Å². The number of hydrogen-bond donors (Lipinski definition) is 0. The molecule has 1 aliphatic rings. The van der Waals surface area contributed by atoms with Crippen molar-refractivity contribution < 1.29 is 9.53 Å². The molecule has 0 heterocycles. The van der Waals surface area contributed by atoms with Crippen molar-refractivity contribution in [3.8, 4) is 0 Å². The van der Waals surface area contributed by atoms with E-state index in [1.807, 2.05) is 0 Å². The molecule has 0 saturated heterocycles. The van der Waals surface area contributed by atoms with Gasteiger partial charge in [0, 0.05) is 5.75 Å². The molecule has 1 aliphatic carbocycles. The minimum Gasteiger partial charge on any atom is -0.465 e. The molecule has 0 radical (unpaired) electrons. The predicted octanol–water partition coefficient (Wildman–Crippen LogP) is 2.41. The maximum absolute atomic E-state index is 11.5. The molecule has 0 bridgehead atoms. The molecule has 0 aromatic rings. The number of esters is 1. The predicted molar refractivity (Wildman–Crippen MR) is 63.1 cm³/mol. The monoisotopic (exact) mass is 218 g/mol. The Morgan fingerprint density at radius 2 is 1.86 bits per heavy atom. The largest absolute Gasteiger partial charge is 0.465 e. The molecule has 0 amide bonds. The van der Waals surface area contributed by atoms with E-state index in [1.165, 1.54) is 12.8 Å². The van der Waals surface area contributed by atoms with Crippen LogP contribution in [0.25, 0.3) is 0 Å². The van der Waals surface area contributed by atoms with Gasteiger partial charge < -0.3 is 4.74 Å². The van der Waals surface area contributed by atoms with E-state index in [-0.39, 0.29) is 11.9 Å². The molecule has 0 aromatic carbocycles. The fourth-order valence-corrected chi connectivity index (χ4v) is 2.25. The molecule has 0 aliphatic heterocycles. The van der Waals surface area contributed by atoms with Crippen molar-refractivity contribution in [1.82, 2.24) is 0 Å². The summed E-state index contributed by atoms with van der Waals surface area (Å²) in [5.41, 5.74) is 0. The Hall–Kier alpha value is -0.180. The van der Waals surface area contributed by atoms with Gasteiger partial charge in [-0.25, -0.2) is 10.0 Å². The number of rotatable bonds is 4. The summed E-state index contributed by atoms with van der Waals surface area (Å²) in [5.74, 6) is 1.29. The minimum absolute atomic E-state index is 0.0474.